The molecule has 0 bridgehead atoms. The van der Waals surface area contributed by atoms with Gasteiger partial charge >= 0.3 is 0 Å². The fourth-order valence-electron chi connectivity index (χ4n) is 4.10. The Hall–Kier alpha value is -2.93. The highest BCUT2D eigenvalue weighted by Gasteiger charge is 2.24. The lowest BCUT2D eigenvalue weighted by Crippen LogP contribution is -2.46. The number of benzene rings is 2. The van der Waals surface area contributed by atoms with Gasteiger partial charge in [-0.05, 0) is 49.8 Å². The Kier molecular flexibility index (Phi) is 7.63. The van der Waals surface area contributed by atoms with Gasteiger partial charge in [0.25, 0.3) is 0 Å². The van der Waals surface area contributed by atoms with E-state index in [1.807, 2.05) is 25.2 Å². The summed E-state index contributed by atoms with van der Waals surface area (Å²) < 4.78 is 16.5. The molecule has 0 fully saturated rings. The monoisotopic (exact) mass is 426 g/mol. The maximum atomic E-state index is 5.59. The lowest BCUT2D eigenvalue weighted by Gasteiger charge is -2.34. The van der Waals surface area contributed by atoms with Crippen molar-refractivity contribution in [1.82, 2.24) is 15.1 Å². The van der Waals surface area contributed by atoms with Crippen molar-refractivity contribution in [1.29, 1.82) is 0 Å². The Morgan fingerprint density at radius 2 is 1.68 bits per heavy atom. The highest BCUT2D eigenvalue weighted by atomic mass is 16.5. The smallest absolute Gasteiger partial charge is 0.194 e. The molecule has 0 saturated carbocycles. The van der Waals surface area contributed by atoms with Gasteiger partial charge in [0.05, 0.1) is 27.4 Å². The molecule has 1 aliphatic rings. The topological polar surface area (TPSA) is 58.6 Å². The zero-order chi connectivity index (χ0) is 22.4. The van der Waals surface area contributed by atoms with Crippen LogP contribution in [-0.4, -0.2) is 71.3 Å². The quantitative estimate of drug-likeness (QED) is 0.543. The van der Waals surface area contributed by atoms with E-state index < -0.39 is 0 Å². The second-order valence-corrected chi connectivity index (χ2v) is 7.80. The Morgan fingerprint density at radius 3 is 2.29 bits per heavy atom. The van der Waals surface area contributed by atoms with Crippen LogP contribution in [0.25, 0.3) is 0 Å². The second-order valence-electron chi connectivity index (χ2n) is 7.80. The third-order valence-electron chi connectivity index (χ3n) is 5.80. The maximum Gasteiger partial charge on any atom is 0.194 e. The number of likely N-dealkylation sites (N-methyl/N-ethyl adjacent to an activating group) is 1. The first-order valence-corrected chi connectivity index (χ1v) is 10.5. The van der Waals surface area contributed by atoms with Gasteiger partial charge in [-0.15, -0.1) is 0 Å². The second kappa shape index (κ2) is 10.4. The molecule has 2 aromatic rings. The molecule has 0 saturated heterocycles. The number of rotatable bonds is 7. The number of methoxy groups -OCH3 is 3. The van der Waals surface area contributed by atoms with Gasteiger partial charge in [0.15, 0.2) is 17.5 Å². The fraction of sp³-hybridized carbons (Fsp3) is 0.458. The maximum absolute atomic E-state index is 5.59. The molecule has 3 rings (SSSR count). The summed E-state index contributed by atoms with van der Waals surface area (Å²) in [5, 5.41) is 3.58. The molecule has 7 nitrogen and oxygen atoms in total. The van der Waals surface area contributed by atoms with Crippen LogP contribution in [0.3, 0.4) is 0 Å². The summed E-state index contributed by atoms with van der Waals surface area (Å²) in [6.07, 6.45) is 0.931. The lowest BCUT2D eigenvalue weighted by atomic mass is 9.99. The minimum absolute atomic E-state index is 0.148. The summed E-state index contributed by atoms with van der Waals surface area (Å²) in [5.41, 5.74) is 3.68. The predicted molar refractivity (Wildman–Crippen MR) is 124 cm³/mol. The Balaban J connectivity index is 1.74. The summed E-state index contributed by atoms with van der Waals surface area (Å²) >= 11 is 0. The van der Waals surface area contributed by atoms with E-state index >= 15 is 0 Å². The minimum Gasteiger partial charge on any atom is -0.496 e. The molecule has 1 heterocycles. The zero-order valence-corrected chi connectivity index (χ0v) is 19.4. The molecule has 1 aliphatic heterocycles. The molecule has 1 N–H and O–H groups in total. The Labute approximate surface area is 185 Å². The molecule has 0 radical (unpaired) electrons. The van der Waals surface area contributed by atoms with E-state index in [0.29, 0.717) is 0 Å². The molecule has 2 aromatic carbocycles. The van der Waals surface area contributed by atoms with E-state index in [2.05, 4.69) is 52.4 Å². The van der Waals surface area contributed by atoms with Crippen LogP contribution >= 0.6 is 0 Å². The van der Waals surface area contributed by atoms with Gasteiger partial charge in [0, 0.05) is 32.2 Å². The average molecular weight is 427 g/mol. The van der Waals surface area contributed by atoms with Gasteiger partial charge in [0.1, 0.15) is 5.75 Å². The number of fused-ring (bicyclic) bond motifs is 1. The highest BCUT2D eigenvalue weighted by Crippen LogP contribution is 2.33. The average Bonchev–Trinajstić information content (AvgIpc) is 2.80. The molecule has 0 aromatic heterocycles. The van der Waals surface area contributed by atoms with Gasteiger partial charge in [-0.3, -0.25) is 4.99 Å². The number of aliphatic imine (C=N–C) groups is 1. The van der Waals surface area contributed by atoms with Crippen molar-refractivity contribution >= 4 is 5.96 Å². The first-order valence-electron chi connectivity index (χ1n) is 10.5. The molecule has 1 atom stereocenters. The third kappa shape index (κ3) is 5.05. The third-order valence-corrected chi connectivity index (χ3v) is 5.80. The molecular weight excluding hydrogens is 392 g/mol. The molecule has 0 spiro atoms. The summed E-state index contributed by atoms with van der Waals surface area (Å²) in [5.74, 6) is 3.32. The molecular formula is C24H34N4O3. The minimum atomic E-state index is 0.148. The van der Waals surface area contributed by atoms with Crippen LogP contribution in [0.4, 0.5) is 0 Å². The van der Waals surface area contributed by atoms with Crippen LogP contribution in [0.5, 0.6) is 17.2 Å². The van der Waals surface area contributed by atoms with Crippen molar-refractivity contribution in [3.63, 3.8) is 0 Å². The van der Waals surface area contributed by atoms with E-state index in [4.69, 9.17) is 14.2 Å². The van der Waals surface area contributed by atoms with Crippen LogP contribution in [0, 0.1) is 0 Å². The molecule has 31 heavy (non-hydrogen) atoms. The summed E-state index contributed by atoms with van der Waals surface area (Å²) in [6.45, 7) is 2.38. The first kappa shape index (κ1) is 22.7. The van der Waals surface area contributed by atoms with Crippen LogP contribution in [0.15, 0.2) is 41.4 Å². The van der Waals surface area contributed by atoms with Crippen molar-refractivity contribution in [3.05, 3.63) is 53.1 Å². The standard InChI is InChI=1S/C24H34N4O3/c1-25-24(26-15-20(27(2)3)19-9-7-8-10-21(19)29-4)28-12-11-17-13-22(30-5)23(31-6)14-18(17)16-28/h7-10,13-14,20H,11-12,15-16H2,1-6H3,(H,25,26). The summed E-state index contributed by atoms with van der Waals surface area (Å²) in [4.78, 5) is 9.03. The van der Waals surface area contributed by atoms with Crippen LogP contribution in [0.2, 0.25) is 0 Å². The Bertz CT molecular complexity index is 914. The van der Waals surface area contributed by atoms with E-state index in [9.17, 15) is 0 Å². The SMILES string of the molecule is CN=C(NCC(c1ccccc1OC)N(C)C)N1CCc2cc(OC)c(OC)cc2C1. The van der Waals surface area contributed by atoms with E-state index in [-0.39, 0.29) is 6.04 Å². The number of nitrogens with zero attached hydrogens (tertiary/aromatic N) is 3. The number of hydrogen-bond acceptors (Lipinski definition) is 5. The van der Waals surface area contributed by atoms with Gasteiger partial charge in [0.2, 0.25) is 0 Å². The van der Waals surface area contributed by atoms with Gasteiger partial charge in [-0.1, -0.05) is 18.2 Å². The van der Waals surface area contributed by atoms with Gasteiger partial charge < -0.3 is 29.3 Å². The van der Waals surface area contributed by atoms with Crippen LogP contribution < -0.4 is 19.5 Å². The molecule has 7 heteroatoms. The lowest BCUT2D eigenvalue weighted by molar-refractivity contribution is 0.282. The highest BCUT2D eigenvalue weighted by molar-refractivity contribution is 5.80. The van der Waals surface area contributed by atoms with Crippen molar-refractivity contribution < 1.29 is 14.2 Å². The summed E-state index contributed by atoms with van der Waals surface area (Å²) in [6, 6.07) is 12.5. The Morgan fingerprint density at radius 1 is 1.03 bits per heavy atom. The van der Waals surface area contributed by atoms with Crippen molar-refractivity contribution in [2.75, 3.05) is 55.6 Å². The summed E-state index contributed by atoms with van der Waals surface area (Å²) in [7, 11) is 11.1. The number of ether oxygens (including phenoxy) is 3. The zero-order valence-electron chi connectivity index (χ0n) is 19.4. The van der Waals surface area contributed by atoms with Crippen molar-refractivity contribution in [2.24, 2.45) is 4.99 Å². The van der Waals surface area contributed by atoms with Gasteiger partial charge in [-0.2, -0.15) is 0 Å². The van der Waals surface area contributed by atoms with E-state index in [1.165, 1.54) is 11.1 Å². The number of para-hydroxylation sites is 1. The van der Waals surface area contributed by atoms with Crippen molar-refractivity contribution in [2.45, 2.75) is 19.0 Å². The molecule has 168 valence electrons. The largest absolute Gasteiger partial charge is 0.496 e. The van der Waals surface area contributed by atoms with Gasteiger partial charge in [-0.25, -0.2) is 0 Å². The predicted octanol–water partition coefficient (Wildman–Crippen LogP) is 2.95. The normalized spacial score (nSPS) is 14.8. The van der Waals surface area contributed by atoms with Crippen LogP contribution in [-0.2, 0) is 13.0 Å². The van der Waals surface area contributed by atoms with E-state index in [0.717, 1.165) is 54.8 Å². The number of nitrogens with one attached hydrogen (secondary N) is 1. The number of hydrogen-bond donors (Lipinski definition) is 1. The van der Waals surface area contributed by atoms with E-state index in [1.54, 1.807) is 21.3 Å². The molecule has 0 aliphatic carbocycles. The molecule has 0 amide bonds. The first-order chi connectivity index (χ1) is 15.0. The van der Waals surface area contributed by atoms with Crippen LogP contribution in [0.1, 0.15) is 22.7 Å². The van der Waals surface area contributed by atoms with Crippen molar-refractivity contribution in [3.8, 4) is 17.2 Å². The number of guanidine groups is 1. The molecule has 1 unspecified atom stereocenters. The fourth-order valence-corrected chi connectivity index (χ4v) is 4.10.